The van der Waals surface area contributed by atoms with Gasteiger partial charge in [-0.25, -0.2) is 4.79 Å². The Hall–Kier alpha value is -1.81. The summed E-state index contributed by atoms with van der Waals surface area (Å²) in [5, 5.41) is 9.02. The number of aliphatic hydroxyl groups excluding tert-OH is 1. The normalized spacial score (nSPS) is 12.1. The molecule has 0 spiro atoms. The van der Waals surface area contributed by atoms with Crippen LogP contribution in [0.4, 0.5) is 4.79 Å². The summed E-state index contributed by atoms with van der Waals surface area (Å²) in [6, 6.07) is 9.85. The number of carbonyl (C=O) groups excluding carboxylic acids is 1. The molecule has 0 atom stereocenters. The maximum atomic E-state index is 12.3. The largest absolute Gasteiger partial charge is 0.444 e. The van der Waals surface area contributed by atoms with Gasteiger partial charge in [0.2, 0.25) is 0 Å². The van der Waals surface area contributed by atoms with Gasteiger partial charge in [0, 0.05) is 13.1 Å². The van der Waals surface area contributed by atoms with Crippen LogP contribution in [0, 0.1) is 0 Å². The Kier molecular flexibility index (Phi) is 7.12. The van der Waals surface area contributed by atoms with E-state index in [4.69, 9.17) is 9.84 Å². The van der Waals surface area contributed by atoms with Gasteiger partial charge in [-0.15, -0.1) is 0 Å². The van der Waals surface area contributed by atoms with Crippen molar-refractivity contribution in [2.24, 2.45) is 0 Å². The molecule has 4 heteroatoms. The molecule has 0 aliphatic rings. The number of nitrogens with zero attached hydrogens (tertiary/aromatic N) is 1. The van der Waals surface area contributed by atoms with Crippen molar-refractivity contribution >= 4 is 6.09 Å². The van der Waals surface area contributed by atoms with Crippen LogP contribution in [0.2, 0.25) is 0 Å². The van der Waals surface area contributed by atoms with Gasteiger partial charge in [-0.1, -0.05) is 42.0 Å². The minimum Gasteiger partial charge on any atom is -0.444 e. The fourth-order valence-electron chi connectivity index (χ4n) is 1.90. The molecular weight excluding hydrogens is 278 g/mol. The van der Waals surface area contributed by atoms with Crippen LogP contribution in [0.5, 0.6) is 0 Å². The first-order valence-corrected chi connectivity index (χ1v) is 7.60. The second kappa shape index (κ2) is 8.59. The zero-order chi connectivity index (χ0) is 16.6. The predicted molar refractivity (Wildman–Crippen MR) is 88.5 cm³/mol. The fraction of sp³-hybridized carbons (Fsp3) is 0.500. The summed E-state index contributed by atoms with van der Waals surface area (Å²) in [5.41, 5.74) is 1.46. The van der Waals surface area contributed by atoms with Crippen molar-refractivity contribution in [2.45, 2.75) is 46.3 Å². The average Bonchev–Trinajstić information content (AvgIpc) is 2.45. The van der Waals surface area contributed by atoms with E-state index >= 15 is 0 Å². The Morgan fingerprint density at radius 2 is 1.91 bits per heavy atom. The van der Waals surface area contributed by atoms with Crippen molar-refractivity contribution in [3.8, 4) is 0 Å². The molecule has 0 radical (unpaired) electrons. The van der Waals surface area contributed by atoms with E-state index < -0.39 is 5.60 Å². The number of rotatable bonds is 6. The Morgan fingerprint density at radius 1 is 1.27 bits per heavy atom. The van der Waals surface area contributed by atoms with Crippen molar-refractivity contribution in [2.75, 3.05) is 13.2 Å². The molecular formula is C18H27NO3. The number of amides is 1. The molecule has 0 saturated carbocycles. The van der Waals surface area contributed by atoms with Crippen LogP contribution in [0.15, 0.2) is 42.0 Å². The highest BCUT2D eigenvalue weighted by molar-refractivity contribution is 5.68. The standard InChI is InChI=1S/C18H27NO3/c1-15(14-20)9-8-12-19(17(21)22-18(2,3)4)13-16-10-6-5-7-11-16/h5-7,9-11,20H,8,12-14H2,1-4H3/b15-9+. The van der Waals surface area contributed by atoms with Crippen LogP contribution in [-0.4, -0.2) is 34.9 Å². The minimum absolute atomic E-state index is 0.0467. The summed E-state index contributed by atoms with van der Waals surface area (Å²) in [4.78, 5) is 14.0. The van der Waals surface area contributed by atoms with Gasteiger partial charge in [0.1, 0.15) is 5.60 Å². The topological polar surface area (TPSA) is 49.8 Å². The van der Waals surface area contributed by atoms with Crippen LogP contribution in [0.3, 0.4) is 0 Å². The van der Waals surface area contributed by atoms with Gasteiger partial charge >= 0.3 is 6.09 Å². The molecule has 4 nitrogen and oxygen atoms in total. The summed E-state index contributed by atoms with van der Waals surface area (Å²) < 4.78 is 5.47. The minimum atomic E-state index is -0.511. The van der Waals surface area contributed by atoms with Gasteiger partial charge in [-0.05, 0) is 39.7 Å². The highest BCUT2D eigenvalue weighted by Gasteiger charge is 2.21. The first kappa shape index (κ1) is 18.2. The molecule has 0 aromatic heterocycles. The van der Waals surface area contributed by atoms with E-state index in [2.05, 4.69) is 0 Å². The number of benzene rings is 1. The zero-order valence-electron chi connectivity index (χ0n) is 14.0. The van der Waals surface area contributed by atoms with Crippen LogP contribution < -0.4 is 0 Å². The Labute approximate surface area is 133 Å². The Balaban J connectivity index is 2.74. The summed E-state index contributed by atoms with van der Waals surface area (Å²) in [6.45, 7) is 8.58. The smallest absolute Gasteiger partial charge is 0.410 e. The summed E-state index contributed by atoms with van der Waals surface area (Å²) in [7, 11) is 0. The second-order valence-electron chi connectivity index (χ2n) is 6.38. The molecule has 0 bridgehead atoms. The van der Waals surface area contributed by atoms with Gasteiger partial charge < -0.3 is 14.7 Å². The van der Waals surface area contributed by atoms with Crippen LogP contribution in [0.1, 0.15) is 39.7 Å². The lowest BCUT2D eigenvalue weighted by Crippen LogP contribution is -2.37. The number of carbonyl (C=O) groups is 1. The third kappa shape index (κ3) is 7.27. The molecule has 0 heterocycles. The van der Waals surface area contributed by atoms with E-state index in [1.165, 1.54) is 0 Å². The average molecular weight is 305 g/mol. The van der Waals surface area contributed by atoms with Gasteiger partial charge in [0.15, 0.2) is 0 Å². The lowest BCUT2D eigenvalue weighted by Gasteiger charge is -2.27. The molecule has 0 aliphatic heterocycles. The fourth-order valence-corrected chi connectivity index (χ4v) is 1.90. The molecule has 1 rings (SSSR count). The Bertz CT molecular complexity index is 489. The van der Waals surface area contributed by atoms with E-state index in [0.717, 1.165) is 11.1 Å². The van der Waals surface area contributed by atoms with Crippen molar-refractivity contribution < 1.29 is 14.6 Å². The first-order valence-electron chi connectivity index (χ1n) is 7.60. The molecule has 1 amide bonds. The molecule has 0 aliphatic carbocycles. The lowest BCUT2D eigenvalue weighted by molar-refractivity contribution is 0.0237. The van der Waals surface area contributed by atoms with Gasteiger partial charge in [-0.3, -0.25) is 0 Å². The molecule has 0 saturated heterocycles. The molecule has 1 aromatic carbocycles. The molecule has 0 unspecified atom stereocenters. The van der Waals surface area contributed by atoms with Crippen molar-refractivity contribution in [1.29, 1.82) is 0 Å². The van der Waals surface area contributed by atoms with E-state index in [-0.39, 0.29) is 12.7 Å². The summed E-state index contributed by atoms with van der Waals surface area (Å²) in [5.74, 6) is 0. The third-order valence-electron chi connectivity index (χ3n) is 3.01. The van der Waals surface area contributed by atoms with E-state index in [1.54, 1.807) is 4.90 Å². The molecule has 0 fully saturated rings. The highest BCUT2D eigenvalue weighted by Crippen LogP contribution is 2.13. The van der Waals surface area contributed by atoms with Crippen molar-refractivity contribution in [3.05, 3.63) is 47.5 Å². The van der Waals surface area contributed by atoms with Crippen molar-refractivity contribution in [1.82, 2.24) is 4.90 Å². The highest BCUT2D eigenvalue weighted by atomic mass is 16.6. The third-order valence-corrected chi connectivity index (χ3v) is 3.01. The van der Waals surface area contributed by atoms with Crippen LogP contribution in [0.25, 0.3) is 0 Å². The lowest BCUT2D eigenvalue weighted by atomic mass is 10.2. The molecule has 1 aromatic rings. The second-order valence-corrected chi connectivity index (χ2v) is 6.38. The molecule has 122 valence electrons. The number of hydrogen-bond acceptors (Lipinski definition) is 3. The van der Waals surface area contributed by atoms with Crippen molar-refractivity contribution in [3.63, 3.8) is 0 Å². The van der Waals surface area contributed by atoms with E-state index in [9.17, 15) is 4.79 Å². The van der Waals surface area contributed by atoms with E-state index in [1.807, 2.05) is 64.1 Å². The van der Waals surface area contributed by atoms with Gasteiger partial charge in [0.05, 0.1) is 6.61 Å². The summed E-state index contributed by atoms with van der Waals surface area (Å²) in [6.07, 6.45) is 2.33. The number of hydrogen-bond donors (Lipinski definition) is 1. The van der Waals surface area contributed by atoms with E-state index in [0.29, 0.717) is 19.5 Å². The molecule has 22 heavy (non-hydrogen) atoms. The van der Waals surface area contributed by atoms with Gasteiger partial charge in [0.25, 0.3) is 0 Å². The number of aliphatic hydroxyl groups is 1. The van der Waals surface area contributed by atoms with Crippen LogP contribution >= 0.6 is 0 Å². The first-order chi connectivity index (χ1) is 10.3. The maximum absolute atomic E-state index is 12.3. The van der Waals surface area contributed by atoms with Crippen LogP contribution in [-0.2, 0) is 11.3 Å². The SMILES string of the molecule is C/C(=C\CCN(Cc1ccccc1)C(=O)OC(C)(C)C)CO. The Morgan fingerprint density at radius 3 is 2.45 bits per heavy atom. The zero-order valence-corrected chi connectivity index (χ0v) is 14.0. The monoisotopic (exact) mass is 305 g/mol. The maximum Gasteiger partial charge on any atom is 0.410 e. The quantitative estimate of drug-likeness (QED) is 0.814. The predicted octanol–water partition coefficient (Wildman–Crippen LogP) is 3.75. The summed E-state index contributed by atoms with van der Waals surface area (Å²) >= 11 is 0. The van der Waals surface area contributed by atoms with Gasteiger partial charge in [-0.2, -0.15) is 0 Å². The molecule has 1 N–H and O–H groups in total. The number of ether oxygens (including phenoxy) is 1.